The number of nitriles is 2. The van der Waals surface area contributed by atoms with Crippen LogP contribution in [0.5, 0.6) is 0 Å². The van der Waals surface area contributed by atoms with E-state index in [4.69, 9.17) is 10.5 Å². The molecule has 0 fully saturated rings. The minimum absolute atomic E-state index is 0.0812. The van der Waals surface area contributed by atoms with Gasteiger partial charge in [-0.1, -0.05) is 0 Å². The smallest absolute Gasteiger partial charge is 0.373 e. The molecule has 2 N–H and O–H groups in total. The molecule has 0 saturated carbocycles. The Morgan fingerprint density at radius 2 is 1.73 bits per heavy atom. The van der Waals surface area contributed by atoms with Gasteiger partial charge in [0.05, 0.1) is 34.8 Å². The van der Waals surface area contributed by atoms with Gasteiger partial charge in [-0.25, -0.2) is 4.98 Å². The highest BCUT2D eigenvalue weighted by Gasteiger charge is 2.34. The Balaban J connectivity index is 2.11. The van der Waals surface area contributed by atoms with Gasteiger partial charge in [-0.15, -0.1) is 5.10 Å². The van der Waals surface area contributed by atoms with Gasteiger partial charge in [-0.05, 0) is 18.2 Å². The Kier molecular flexibility index (Phi) is 5.14. The van der Waals surface area contributed by atoms with Crippen molar-refractivity contribution in [2.75, 3.05) is 17.2 Å². The van der Waals surface area contributed by atoms with Gasteiger partial charge in [0.25, 0.3) is 0 Å². The fourth-order valence-corrected chi connectivity index (χ4v) is 2.53. The third-order valence-corrected chi connectivity index (χ3v) is 3.78. The monoisotopic (exact) mass is 425 g/mol. The van der Waals surface area contributed by atoms with Crippen molar-refractivity contribution in [1.82, 2.24) is 14.6 Å². The largest absolute Gasteiger partial charge is 0.418 e. The number of alkyl halides is 6. The quantitative estimate of drug-likeness (QED) is 0.608. The minimum atomic E-state index is -4.77. The first kappa shape index (κ1) is 20.7. The SMILES string of the molecule is N#Cc1ccc(C(F)(F)F)c(Nc2cc(NCC(F)(F)F)c3ncc(C#N)n3n2)c1. The molecule has 0 atom stereocenters. The van der Waals surface area contributed by atoms with Crippen LogP contribution in [0.25, 0.3) is 5.65 Å². The summed E-state index contributed by atoms with van der Waals surface area (Å²) in [5.74, 6) is -0.303. The van der Waals surface area contributed by atoms with Crippen LogP contribution in [-0.4, -0.2) is 27.3 Å². The van der Waals surface area contributed by atoms with Crippen LogP contribution in [-0.2, 0) is 6.18 Å². The molecule has 0 amide bonds. The first-order valence-electron chi connectivity index (χ1n) is 7.99. The molecule has 30 heavy (non-hydrogen) atoms. The van der Waals surface area contributed by atoms with Crippen LogP contribution in [0.1, 0.15) is 16.8 Å². The molecule has 3 rings (SSSR count). The van der Waals surface area contributed by atoms with Gasteiger partial charge in [0.2, 0.25) is 0 Å². The van der Waals surface area contributed by atoms with Gasteiger partial charge in [-0.2, -0.15) is 41.4 Å². The Hall–Kier alpha value is -4.00. The molecule has 13 heteroatoms. The van der Waals surface area contributed by atoms with Gasteiger partial charge < -0.3 is 10.6 Å². The molecule has 0 bridgehead atoms. The lowest BCUT2D eigenvalue weighted by molar-refractivity contribution is -0.137. The van der Waals surface area contributed by atoms with Crippen molar-refractivity contribution >= 4 is 22.8 Å². The van der Waals surface area contributed by atoms with E-state index >= 15 is 0 Å². The Bertz CT molecular complexity index is 1180. The molecule has 0 spiro atoms. The van der Waals surface area contributed by atoms with Gasteiger partial charge in [0.1, 0.15) is 12.6 Å². The lowest BCUT2D eigenvalue weighted by Gasteiger charge is -2.16. The van der Waals surface area contributed by atoms with E-state index in [0.717, 1.165) is 28.9 Å². The van der Waals surface area contributed by atoms with E-state index in [0.29, 0.717) is 6.07 Å². The predicted octanol–water partition coefficient (Wildman–Crippen LogP) is 4.21. The summed E-state index contributed by atoms with van der Waals surface area (Å²) < 4.78 is 78.6. The number of anilines is 3. The Morgan fingerprint density at radius 3 is 2.33 bits per heavy atom. The summed E-state index contributed by atoms with van der Waals surface area (Å²) in [5.41, 5.74) is -2.21. The maximum atomic E-state index is 13.3. The molecule has 3 aromatic rings. The number of hydrogen-bond donors (Lipinski definition) is 2. The highest BCUT2D eigenvalue weighted by molar-refractivity contribution is 5.74. The highest BCUT2D eigenvalue weighted by Crippen LogP contribution is 2.37. The van der Waals surface area contributed by atoms with Crippen LogP contribution in [0.15, 0.2) is 30.5 Å². The van der Waals surface area contributed by atoms with E-state index in [1.807, 2.05) is 0 Å². The van der Waals surface area contributed by atoms with Gasteiger partial charge in [-0.3, -0.25) is 0 Å². The third kappa shape index (κ3) is 4.35. The highest BCUT2D eigenvalue weighted by atomic mass is 19.4. The van der Waals surface area contributed by atoms with Gasteiger partial charge in [0, 0.05) is 6.07 Å². The topological polar surface area (TPSA) is 102 Å². The standard InChI is InChI=1S/C17H9F6N7/c18-16(19,20)8-27-13-4-14(29-30-10(6-25)7-26-15(13)30)28-12-3-9(5-24)1-2-11(12)17(21,22)23/h1-4,7,27H,8H2,(H,28,29). The maximum absolute atomic E-state index is 13.3. The summed E-state index contributed by atoms with van der Waals surface area (Å²) in [5, 5.41) is 26.5. The summed E-state index contributed by atoms with van der Waals surface area (Å²) in [4.78, 5) is 3.82. The van der Waals surface area contributed by atoms with Crippen molar-refractivity contribution in [1.29, 1.82) is 10.5 Å². The van der Waals surface area contributed by atoms with Crippen molar-refractivity contribution < 1.29 is 26.3 Å². The summed E-state index contributed by atoms with van der Waals surface area (Å²) in [6.07, 6.45) is -8.30. The second kappa shape index (κ2) is 7.44. The fourth-order valence-electron chi connectivity index (χ4n) is 2.53. The molecule has 0 aliphatic heterocycles. The summed E-state index contributed by atoms with van der Waals surface area (Å²) >= 11 is 0. The number of rotatable bonds is 4. The maximum Gasteiger partial charge on any atom is 0.418 e. The zero-order valence-electron chi connectivity index (χ0n) is 14.6. The number of nitrogens with one attached hydrogen (secondary N) is 2. The molecule has 2 aromatic heterocycles. The van der Waals surface area contributed by atoms with Crippen LogP contribution in [0, 0.1) is 22.7 Å². The van der Waals surface area contributed by atoms with Crippen LogP contribution >= 0.6 is 0 Å². The van der Waals surface area contributed by atoms with Gasteiger partial charge in [0.15, 0.2) is 17.2 Å². The second-order valence-electron chi connectivity index (χ2n) is 5.90. The number of halogens is 6. The molecule has 0 unspecified atom stereocenters. The number of aromatic nitrogens is 3. The molecular formula is C17H9F6N7. The van der Waals surface area contributed by atoms with Crippen molar-refractivity contribution in [3.63, 3.8) is 0 Å². The molecule has 154 valence electrons. The van der Waals surface area contributed by atoms with Crippen LogP contribution in [0.4, 0.5) is 43.5 Å². The van der Waals surface area contributed by atoms with Crippen molar-refractivity contribution in [3.05, 3.63) is 47.3 Å². The molecule has 7 nitrogen and oxygen atoms in total. The number of hydrogen-bond acceptors (Lipinski definition) is 6. The van der Waals surface area contributed by atoms with Crippen LogP contribution < -0.4 is 10.6 Å². The number of benzene rings is 1. The summed E-state index contributed by atoms with van der Waals surface area (Å²) in [6, 6.07) is 7.05. The molecule has 0 radical (unpaired) electrons. The van der Waals surface area contributed by atoms with Crippen molar-refractivity contribution in [2.45, 2.75) is 12.4 Å². The molecule has 0 saturated heterocycles. The molecule has 1 aromatic carbocycles. The summed E-state index contributed by atoms with van der Waals surface area (Å²) in [7, 11) is 0. The van der Waals surface area contributed by atoms with E-state index < -0.39 is 30.1 Å². The zero-order valence-corrected chi connectivity index (χ0v) is 14.6. The Morgan fingerprint density at radius 1 is 1.00 bits per heavy atom. The van der Waals surface area contributed by atoms with Gasteiger partial charge >= 0.3 is 12.4 Å². The normalized spacial score (nSPS) is 11.7. The van der Waals surface area contributed by atoms with E-state index in [9.17, 15) is 26.3 Å². The molecule has 2 heterocycles. The van der Waals surface area contributed by atoms with Crippen molar-refractivity contribution in [3.8, 4) is 12.1 Å². The molecule has 0 aliphatic rings. The lowest BCUT2D eigenvalue weighted by Crippen LogP contribution is -2.22. The number of imidazole rings is 1. The number of nitrogens with zero attached hydrogens (tertiary/aromatic N) is 5. The first-order valence-corrected chi connectivity index (χ1v) is 7.99. The van der Waals surface area contributed by atoms with E-state index in [1.54, 1.807) is 12.1 Å². The zero-order chi connectivity index (χ0) is 22.1. The second-order valence-corrected chi connectivity index (χ2v) is 5.90. The first-order chi connectivity index (χ1) is 14.0. The number of fused-ring (bicyclic) bond motifs is 1. The lowest BCUT2D eigenvalue weighted by atomic mass is 10.1. The Labute approximate surface area is 164 Å². The van der Waals surface area contributed by atoms with Crippen LogP contribution in [0.2, 0.25) is 0 Å². The third-order valence-electron chi connectivity index (χ3n) is 3.78. The van der Waals surface area contributed by atoms with Crippen molar-refractivity contribution in [2.24, 2.45) is 0 Å². The molecular weight excluding hydrogens is 416 g/mol. The van der Waals surface area contributed by atoms with E-state index in [-0.39, 0.29) is 28.4 Å². The fraction of sp³-hybridized carbons (Fsp3) is 0.176. The minimum Gasteiger partial charge on any atom is -0.373 e. The van der Waals surface area contributed by atoms with E-state index in [1.165, 1.54) is 0 Å². The van der Waals surface area contributed by atoms with E-state index in [2.05, 4.69) is 20.7 Å². The average molecular weight is 425 g/mol. The average Bonchev–Trinajstić information content (AvgIpc) is 3.07. The summed E-state index contributed by atoms with van der Waals surface area (Å²) in [6.45, 7) is -1.45. The molecule has 0 aliphatic carbocycles. The van der Waals surface area contributed by atoms with Crippen LogP contribution in [0.3, 0.4) is 0 Å². The predicted molar refractivity (Wildman–Crippen MR) is 91.7 cm³/mol.